The Morgan fingerprint density at radius 3 is 2.21 bits per heavy atom. The summed E-state index contributed by atoms with van der Waals surface area (Å²) >= 11 is 0. The van der Waals surface area contributed by atoms with E-state index in [4.69, 9.17) is 0 Å². The molecule has 1 fully saturated rings. The number of nitrogens with one attached hydrogen (secondary N) is 1. The normalized spacial score (nSPS) is 16.0. The van der Waals surface area contributed by atoms with E-state index in [1.54, 1.807) is 36.1 Å². The van der Waals surface area contributed by atoms with Crippen molar-refractivity contribution >= 4 is 27.7 Å². The minimum Gasteiger partial charge on any atom is -0.343 e. The molecule has 156 valence electrons. The zero-order chi connectivity index (χ0) is 20.9. The van der Waals surface area contributed by atoms with E-state index in [0.717, 1.165) is 33.4 Å². The minimum atomic E-state index is -3.87. The highest BCUT2D eigenvalue weighted by atomic mass is 32.2. The van der Waals surface area contributed by atoms with E-state index in [1.807, 2.05) is 6.92 Å². The van der Waals surface area contributed by atoms with E-state index in [0.29, 0.717) is 18.8 Å². The summed E-state index contributed by atoms with van der Waals surface area (Å²) in [5.74, 6) is -0.658. The average molecular weight is 411 g/mol. The van der Waals surface area contributed by atoms with Gasteiger partial charge in [0.05, 0.1) is 5.69 Å². The first-order chi connectivity index (χ1) is 13.1. The first-order valence-electron chi connectivity index (χ1n) is 9.48. The molecule has 1 aliphatic heterocycles. The maximum atomic E-state index is 12.7. The number of piperidine rings is 1. The molecule has 9 heteroatoms. The van der Waals surface area contributed by atoms with Gasteiger partial charge in [0.15, 0.2) is 0 Å². The molecule has 2 amide bonds. The van der Waals surface area contributed by atoms with Crippen molar-refractivity contribution in [1.82, 2.24) is 14.5 Å². The Labute approximate surface area is 167 Å². The molecule has 1 saturated heterocycles. The van der Waals surface area contributed by atoms with Crippen LogP contribution < -0.4 is 9.62 Å². The summed E-state index contributed by atoms with van der Waals surface area (Å²) in [5, 5.41) is 2.64. The van der Waals surface area contributed by atoms with Crippen LogP contribution in [0.2, 0.25) is 0 Å². The Hall–Kier alpha value is -2.13. The zero-order valence-electron chi connectivity index (χ0n) is 17.0. The van der Waals surface area contributed by atoms with Crippen LogP contribution in [-0.4, -0.2) is 69.2 Å². The Bertz CT molecular complexity index is 787. The molecule has 0 spiro atoms. The lowest BCUT2D eigenvalue weighted by atomic mass is 10.1. The van der Waals surface area contributed by atoms with E-state index in [2.05, 4.69) is 5.32 Å². The Morgan fingerprint density at radius 2 is 1.68 bits per heavy atom. The van der Waals surface area contributed by atoms with Gasteiger partial charge in [-0.05, 0) is 45.2 Å². The predicted molar refractivity (Wildman–Crippen MR) is 109 cm³/mol. The number of hydrogen-bond acceptors (Lipinski definition) is 4. The van der Waals surface area contributed by atoms with Gasteiger partial charge in [-0.1, -0.05) is 17.7 Å². The number of likely N-dealkylation sites (tertiary alicyclic amines) is 1. The molecule has 8 nitrogen and oxygen atoms in total. The second kappa shape index (κ2) is 9.38. The molecular formula is C19H30N4O4S. The van der Waals surface area contributed by atoms with Crippen molar-refractivity contribution in [2.75, 3.05) is 38.0 Å². The van der Waals surface area contributed by atoms with Crippen molar-refractivity contribution in [3.63, 3.8) is 0 Å². The number of hydrogen-bond donors (Lipinski definition) is 1. The van der Waals surface area contributed by atoms with Crippen molar-refractivity contribution < 1.29 is 18.0 Å². The fourth-order valence-corrected chi connectivity index (χ4v) is 4.14. The highest BCUT2D eigenvalue weighted by molar-refractivity contribution is 7.90. The van der Waals surface area contributed by atoms with Gasteiger partial charge in [-0.3, -0.25) is 9.59 Å². The number of nitrogens with zero attached hydrogens (tertiary/aromatic N) is 3. The first kappa shape index (κ1) is 22.2. The van der Waals surface area contributed by atoms with Crippen LogP contribution in [-0.2, 0) is 19.8 Å². The summed E-state index contributed by atoms with van der Waals surface area (Å²) in [4.78, 5) is 26.8. The molecule has 1 aromatic carbocycles. The highest BCUT2D eigenvalue weighted by Gasteiger charge is 2.29. The molecule has 1 N–H and O–H groups in total. The van der Waals surface area contributed by atoms with Crippen LogP contribution in [0.15, 0.2) is 24.3 Å². The van der Waals surface area contributed by atoms with Gasteiger partial charge in [-0.15, -0.1) is 0 Å². The number of benzene rings is 1. The summed E-state index contributed by atoms with van der Waals surface area (Å²) in [6.45, 7) is 4.52. The summed E-state index contributed by atoms with van der Waals surface area (Å²) in [6.07, 6.45) is 3.04. The Morgan fingerprint density at radius 1 is 1.11 bits per heavy atom. The van der Waals surface area contributed by atoms with Gasteiger partial charge in [0.25, 0.3) is 0 Å². The number of carbonyl (C=O) groups is 2. The third-order valence-electron chi connectivity index (χ3n) is 4.76. The van der Waals surface area contributed by atoms with Crippen molar-refractivity contribution in [3.05, 3.63) is 29.8 Å². The molecule has 0 unspecified atom stereocenters. The molecule has 0 radical (unpaired) electrons. The number of carbonyl (C=O) groups excluding carboxylic acids is 2. The van der Waals surface area contributed by atoms with Crippen molar-refractivity contribution in [1.29, 1.82) is 0 Å². The van der Waals surface area contributed by atoms with E-state index in [-0.39, 0.29) is 5.91 Å². The van der Waals surface area contributed by atoms with Crippen LogP contribution >= 0.6 is 0 Å². The average Bonchev–Trinajstić information content (AvgIpc) is 2.66. The van der Waals surface area contributed by atoms with Crippen LogP contribution in [0, 0.1) is 6.92 Å². The zero-order valence-corrected chi connectivity index (χ0v) is 17.8. The lowest BCUT2D eigenvalue weighted by molar-refractivity contribution is -0.136. The highest BCUT2D eigenvalue weighted by Crippen LogP contribution is 2.20. The quantitative estimate of drug-likeness (QED) is 0.730. The van der Waals surface area contributed by atoms with Crippen molar-refractivity contribution in [3.8, 4) is 0 Å². The largest absolute Gasteiger partial charge is 0.343 e. The monoisotopic (exact) mass is 410 g/mol. The molecule has 1 heterocycles. The summed E-state index contributed by atoms with van der Waals surface area (Å²) in [5.41, 5.74) is 1.38. The van der Waals surface area contributed by atoms with Gasteiger partial charge >= 0.3 is 10.2 Å². The molecule has 0 saturated carbocycles. The van der Waals surface area contributed by atoms with Crippen LogP contribution in [0.4, 0.5) is 5.69 Å². The van der Waals surface area contributed by atoms with Gasteiger partial charge < -0.3 is 10.2 Å². The van der Waals surface area contributed by atoms with Crippen LogP contribution in [0.3, 0.4) is 0 Å². The standard InChI is InChI=1S/C19H30N4O4S/c1-15-8-10-17(11-9-15)23(28(26,27)21(3)4)14-18(24)20-16(2)19(25)22-12-6-5-7-13-22/h8-11,16H,5-7,12-14H2,1-4H3,(H,20,24)/t16-/m1/s1. The number of anilines is 1. The van der Waals surface area contributed by atoms with Gasteiger partial charge in [0.2, 0.25) is 11.8 Å². The van der Waals surface area contributed by atoms with Crippen LogP contribution in [0.5, 0.6) is 0 Å². The molecule has 28 heavy (non-hydrogen) atoms. The van der Waals surface area contributed by atoms with Crippen LogP contribution in [0.25, 0.3) is 0 Å². The summed E-state index contributed by atoms with van der Waals surface area (Å²) in [7, 11) is -1.04. The molecular weight excluding hydrogens is 380 g/mol. The topological polar surface area (TPSA) is 90.0 Å². The maximum absolute atomic E-state index is 12.7. The smallest absolute Gasteiger partial charge is 0.304 e. The van der Waals surface area contributed by atoms with Gasteiger partial charge in [0, 0.05) is 27.2 Å². The maximum Gasteiger partial charge on any atom is 0.304 e. The van der Waals surface area contributed by atoms with Gasteiger partial charge in [-0.2, -0.15) is 12.7 Å². The second-order valence-electron chi connectivity index (χ2n) is 7.31. The minimum absolute atomic E-state index is 0.134. The second-order valence-corrected chi connectivity index (χ2v) is 9.37. The van der Waals surface area contributed by atoms with Gasteiger partial charge in [-0.25, -0.2) is 4.31 Å². The van der Waals surface area contributed by atoms with Crippen LogP contribution in [0.1, 0.15) is 31.7 Å². The summed E-state index contributed by atoms with van der Waals surface area (Å²) < 4.78 is 27.5. The first-order valence-corrected chi connectivity index (χ1v) is 10.9. The van der Waals surface area contributed by atoms with Crippen molar-refractivity contribution in [2.24, 2.45) is 0 Å². The molecule has 0 bridgehead atoms. The fourth-order valence-electron chi connectivity index (χ4n) is 3.08. The third kappa shape index (κ3) is 5.45. The molecule has 1 aromatic rings. The Balaban J connectivity index is 2.11. The van der Waals surface area contributed by atoms with E-state index in [9.17, 15) is 18.0 Å². The number of rotatable bonds is 7. The Kier molecular flexibility index (Phi) is 7.42. The van der Waals surface area contributed by atoms with Gasteiger partial charge in [0.1, 0.15) is 12.6 Å². The van der Waals surface area contributed by atoms with Crippen molar-refractivity contribution in [2.45, 2.75) is 39.2 Å². The molecule has 0 aliphatic carbocycles. The molecule has 0 aromatic heterocycles. The fraction of sp³-hybridized carbons (Fsp3) is 0.579. The number of aryl methyl sites for hydroxylation is 1. The van der Waals surface area contributed by atoms with E-state index in [1.165, 1.54) is 14.1 Å². The molecule has 2 rings (SSSR count). The number of amides is 2. The van der Waals surface area contributed by atoms with E-state index < -0.39 is 28.7 Å². The molecule has 1 atom stereocenters. The summed E-state index contributed by atoms with van der Waals surface area (Å²) in [6, 6.07) is 6.19. The predicted octanol–water partition coefficient (Wildman–Crippen LogP) is 1.13. The molecule has 1 aliphatic rings. The van der Waals surface area contributed by atoms with E-state index >= 15 is 0 Å². The lowest BCUT2D eigenvalue weighted by Crippen LogP contribution is -2.52. The third-order valence-corrected chi connectivity index (χ3v) is 6.58. The lowest BCUT2D eigenvalue weighted by Gasteiger charge is -2.30. The SMILES string of the molecule is Cc1ccc(N(CC(=O)N[C@H](C)C(=O)N2CCCCC2)S(=O)(=O)N(C)C)cc1.